The maximum Gasteiger partial charge on any atom is 0.144 e. The van der Waals surface area contributed by atoms with E-state index in [9.17, 15) is 0 Å². The van der Waals surface area contributed by atoms with Crippen LogP contribution in [0.1, 0.15) is 42.6 Å². The van der Waals surface area contributed by atoms with E-state index in [-0.39, 0.29) is 0 Å². The highest BCUT2D eigenvalue weighted by Gasteiger charge is 2.30. The predicted octanol–water partition coefficient (Wildman–Crippen LogP) is 2.85. The molecule has 0 amide bonds. The van der Waals surface area contributed by atoms with Gasteiger partial charge in [-0.3, -0.25) is 0 Å². The standard InChI is InChI=1S/C13H19N3S2/c1-7-8(2)18-11(6-17-7)13-15-10-5-3-4-9(10)12(14)16-13/h7-8,11H,3-6H2,1-2H3,(H2,14,15,16). The molecule has 1 aliphatic heterocycles. The molecule has 5 heteroatoms. The first kappa shape index (κ1) is 12.6. The van der Waals surface area contributed by atoms with Crippen LogP contribution in [0.15, 0.2) is 0 Å². The Morgan fingerprint density at radius 2 is 2.00 bits per heavy atom. The van der Waals surface area contributed by atoms with Crippen molar-refractivity contribution in [3.8, 4) is 0 Å². The molecule has 18 heavy (non-hydrogen) atoms. The van der Waals surface area contributed by atoms with Gasteiger partial charge in [-0.2, -0.15) is 11.8 Å². The fourth-order valence-corrected chi connectivity index (χ4v) is 5.39. The van der Waals surface area contributed by atoms with Gasteiger partial charge in [0.15, 0.2) is 0 Å². The second-order valence-corrected chi connectivity index (χ2v) is 8.11. The highest BCUT2D eigenvalue weighted by Crippen LogP contribution is 2.43. The van der Waals surface area contributed by atoms with Gasteiger partial charge in [-0.1, -0.05) is 13.8 Å². The molecule has 0 spiro atoms. The van der Waals surface area contributed by atoms with Gasteiger partial charge in [0.25, 0.3) is 0 Å². The number of aryl methyl sites for hydroxylation is 1. The number of hydrogen-bond donors (Lipinski definition) is 1. The Balaban J connectivity index is 1.87. The summed E-state index contributed by atoms with van der Waals surface area (Å²) in [4.78, 5) is 9.33. The van der Waals surface area contributed by atoms with E-state index in [4.69, 9.17) is 10.7 Å². The molecule has 1 aromatic heterocycles. The van der Waals surface area contributed by atoms with Crippen LogP contribution in [0.2, 0.25) is 0 Å². The number of anilines is 1. The number of nitrogens with zero attached hydrogens (tertiary/aromatic N) is 2. The molecule has 1 aliphatic carbocycles. The minimum absolute atomic E-state index is 0.411. The Kier molecular flexibility index (Phi) is 3.45. The summed E-state index contributed by atoms with van der Waals surface area (Å²) < 4.78 is 0. The van der Waals surface area contributed by atoms with Gasteiger partial charge >= 0.3 is 0 Å². The van der Waals surface area contributed by atoms with Crippen LogP contribution in [0.4, 0.5) is 5.82 Å². The van der Waals surface area contributed by atoms with Gasteiger partial charge in [0, 0.05) is 27.5 Å². The molecule has 1 fully saturated rings. The van der Waals surface area contributed by atoms with E-state index >= 15 is 0 Å². The molecule has 0 aromatic carbocycles. The fourth-order valence-electron chi connectivity index (χ4n) is 2.54. The van der Waals surface area contributed by atoms with Crippen LogP contribution in [0.3, 0.4) is 0 Å². The maximum atomic E-state index is 6.07. The largest absolute Gasteiger partial charge is 0.383 e. The summed E-state index contributed by atoms with van der Waals surface area (Å²) in [5, 5.41) is 1.79. The lowest BCUT2D eigenvalue weighted by Gasteiger charge is -2.30. The molecule has 0 radical (unpaired) electrons. The molecule has 0 saturated carbocycles. The molecule has 3 unspecified atom stereocenters. The van der Waals surface area contributed by atoms with Crippen molar-refractivity contribution in [1.82, 2.24) is 9.97 Å². The normalized spacial score (nSPS) is 31.3. The van der Waals surface area contributed by atoms with E-state index < -0.39 is 0 Å². The summed E-state index contributed by atoms with van der Waals surface area (Å²) in [5.74, 6) is 2.79. The van der Waals surface area contributed by atoms with Gasteiger partial charge < -0.3 is 5.73 Å². The summed E-state index contributed by atoms with van der Waals surface area (Å²) >= 11 is 4.03. The highest BCUT2D eigenvalue weighted by molar-refractivity contribution is 8.07. The van der Waals surface area contributed by atoms with Crippen LogP contribution in [0.5, 0.6) is 0 Å². The minimum Gasteiger partial charge on any atom is -0.383 e. The third-order valence-corrected chi connectivity index (χ3v) is 7.21. The minimum atomic E-state index is 0.411. The SMILES string of the molecule is CC1SCC(c2nc(N)c3c(n2)CCC3)SC1C. The third-order valence-electron chi connectivity index (χ3n) is 3.82. The Bertz CT molecular complexity index is 464. The Morgan fingerprint density at radius 3 is 2.78 bits per heavy atom. The van der Waals surface area contributed by atoms with E-state index in [0.29, 0.717) is 10.5 Å². The predicted molar refractivity (Wildman–Crippen MR) is 80.2 cm³/mol. The van der Waals surface area contributed by atoms with Crippen molar-refractivity contribution < 1.29 is 0 Å². The number of rotatable bonds is 1. The molecule has 1 aromatic rings. The Hall–Kier alpha value is -0.420. The smallest absolute Gasteiger partial charge is 0.144 e. The Labute approximate surface area is 117 Å². The molecule has 0 bridgehead atoms. The lowest BCUT2D eigenvalue weighted by atomic mass is 10.2. The molecular formula is C13H19N3S2. The van der Waals surface area contributed by atoms with Crippen molar-refractivity contribution in [1.29, 1.82) is 0 Å². The van der Waals surface area contributed by atoms with Crippen molar-refractivity contribution >= 4 is 29.3 Å². The molecule has 98 valence electrons. The molecule has 3 rings (SSSR count). The molecule has 3 atom stereocenters. The van der Waals surface area contributed by atoms with Gasteiger partial charge in [0.05, 0.1) is 5.25 Å². The number of aromatic nitrogens is 2. The zero-order valence-electron chi connectivity index (χ0n) is 10.8. The van der Waals surface area contributed by atoms with E-state index in [1.165, 1.54) is 17.7 Å². The summed E-state index contributed by atoms with van der Waals surface area (Å²) in [6.45, 7) is 4.60. The number of hydrogen-bond acceptors (Lipinski definition) is 5. The molecule has 3 nitrogen and oxygen atoms in total. The van der Waals surface area contributed by atoms with Crippen molar-refractivity contribution in [2.75, 3.05) is 11.5 Å². The van der Waals surface area contributed by atoms with Gasteiger partial charge in [0.1, 0.15) is 11.6 Å². The lowest BCUT2D eigenvalue weighted by Crippen LogP contribution is -2.23. The van der Waals surface area contributed by atoms with Gasteiger partial charge in [-0.25, -0.2) is 9.97 Å². The summed E-state index contributed by atoms with van der Waals surface area (Å²) in [5.41, 5.74) is 8.48. The lowest BCUT2D eigenvalue weighted by molar-refractivity contribution is 0.844. The second kappa shape index (κ2) is 4.93. The van der Waals surface area contributed by atoms with Crippen LogP contribution >= 0.6 is 23.5 Å². The van der Waals surface area contributed by atoms with E-state index in [1.54, 1.807) is 0 Å². The average molecular weight is 281 g/mol. The monoisotopic (exact) mass is 281 g/mol. The zero-order valence-corrected chi connectivity index (χ0v) is 12.5. The van der Waals surface area contributed by atoms with Crippen LogP contribution in [0, 0.1) is 0 Å². The van der Waals surface area contributed by atoms with Crippen molar-refractivity contribution in [2.45, 2.75) is 48.9 Å². The van der Waals surface area contributed by atoms with Crippen LogP contribution < -0.4 is 5.73 Å². The Morgan fingerprint density at radius 1 is 1.17 bits per heavy atom. The topological polar surface area (TPSA) is 51.8 Å². The van der Waals surface area contributed by atoms with Crippen LogP contribution in [-0.4, -0.2) is 26.2 Å². The number of thioether (sulfide) groups is 2. The maximum absolute atomic E-state index is 6.07. The molecule has 2 heterocycles. The first-order valence-corrected chi connectivity index (χ1v) is 8.56. The van der Waals surface area contributed by atoms with Gasteiger partial charge in [-0.15, -0.1) is 11.8 Å². The van der Waals surface area contributed by atoms with Crippen molar-refractivity contribution in [2.24, 2.45) is 0 Å². The average Bonchev–Trinajstić information content (AvgIpc) is 2.81. The first-order chi connectivity index (χ1) is 8.65. The van der Waals surface area contributed by atoms with E-state index in [1.807, 2.05) is 23.5 Å². The van der Waals surface area contributed by atoms with Gasteiger partial charge in [0.2, 0.25) is 0 Å². The number of nitrogens with two attached hydrogens (primary N) is 1. The van der Waals surface area contributed by atoms with E-state index in [2.05, 4.69) is 18.8 Å². The third kappa shape index (κ3) is 2.23. The highest BCUT2D eigenvalue weighted by atomic mass is 32.2. The summed E-state index contributed by atoms with van der Waals surface area (Å²) in [6.07, 6.45) is 3.31. The second-order valence-electron chi connectivity index (χ2n) is 5.11. The summed E-state index contributed by atoms with van der Waals surface area (Å²) in [6, 6.07) is 0. The van der Waals surface area contributed by atoms with Gasteiger partial charge in [-0.05, 0) is 19.3 Å². The quantitative estimate of drug-likeness (QED) is 0.858. The number of nitrogen functional groups attached to an aromatic ring is 1. The zero-order chi connectivity index (χ0) is 12.7. The van der Waals surface area contributed by atoms with Crippen LogP contribution in [0.25, 0.3) is 0 Å². The van der Waals surface area contributed by atoms with Crippen molar-refractivity contribution in [3.63, 3.8) is 0 Å². The summed E-state index contributed by atoms with van der Waals surface area (Å²) in [7, 11) is 0. The van der Waals surface area contributed by atoms with E-state index in [0.717, 1.165) is 35.5 Å². The first-order valence-electron chi connectivity index (χ1n) is 6.57. The van der Waals surface area contributed by atoms with Crippen LogP contribution in [-0.2, 0) is 12.8 Å². The molecule has 1 saturated heterocycles. The molecule has 2 aliphatic rings. The molecular weight excluding hydrogens is 262 g/mol. The van der Waals surface area contributed by atoms with Crippen molar-refractivity contribution in [3.05, 3.63) is 17.1 Å². The number of fused-ring (bicyclic) bond motifs is 1. The fraction of sp³-hybridized carbons (Fsp3) is 0.692. The molecule has 2 N–H and O–H groups in total.